The van der Waals surface area contributed by atoms with Gasteiger partial charge in [0.15, 0.2) is 11.5 Å². The predicted octanol–water partition coefficient (Wildman–Crippen LogP) is 4.44. The van der Waals surface area contributed by atoms with Crippen molar-refractivity contribution in [2.75, 3.05) is 18.8 Å². The van der Waals surface area contributed by atoms with E-state index in [-0.39, 0.29) is 0 Å². The van der Waals surface area contributed by atoms with Gasteiger partial charge >= 0.3 is 0 Å². The van der Waals surface area contributed by atoms with E-state index in [1.165, 1.54) is 5.56 Å². The average molecular weight is 342 g/mol. The van der Waals surface area contributed by atoms with Crippen LogP contribution < -0.4 is 5.73 Å². The number of piperidine rings is 1. The van der Waals surface area contributed by atoms with Crippen molar-refractivity contribution in [2.24, 2.45) is 0 Å². The van der Waals surface area contributed by atoms with Crippen LogP contribution in [0.3, 0.4) is 0 Å². The van der Waals surface area contributed by atoms with Gasteiger partial charge in [-0.2, -0.15) is 0 Å². The number of anilines is 1. The molecule has 1 aromatic heterocycles. The van der Waals surface area contributed by atoms with E-state index in [0.717, 1.165) is 55.2 Å². The Labute approximate surface area is 146 Å². The molecule has 2 N–H and O–H groups in total. The number of fused-ring (bicyclic) bond motifs is 1. The summed E-state index contributed by atoms with van der Waals surface area (Å²) in [4.78, 5) is 7.09. The van der Waals surface area contributed by atoms with E-state index in [2.05, 4.69) is 22.0 Å². The normalized spacial score (nSPS) is 16.7. The zero-order valence-corrected chi connectivity index (χ0v) is 14.2. The van der Waals surface area contributed by atoms with Crippen LogP contribution in [-0.4, -0.2) is 23.0 Å². The fourth-order valence-electron chi connectivity index (χ4n) is 3.38. The number of hydrogen-bond donors (Lipinski definition) is 1. The van der Waals surface area contributed by atoms with Crippen LogP contribution in [0.15, 0.2) is 46.9 Å². The highest BCUT2D eigenvalue weighted by atomic mass is 35.5. The zero-order valence-electron chi connectivity index (χ0n) is 13.4. The van der Waals surface area contributed by atoms with E-state index in [9.17, 15) is 0 Å². The van der Waals surface area contributed by atoms with E-state index < -0.39 is 0 Å². The van der Waals surface area contributed by atoms with Crippen LogP contribution in [0.2, 0.25) is 5.02 Å². The number of halogens is 1. The molecule has 4 rings (SSSR count). The molecule has 0 aliphatic carbocycles. The Morgan fingerprint density at radius 3 is 2.79 bits per heavy atom. The van der Waals surface area contributed by atoms with Crippen LogP contribution in [0.1, 0.15) is 30.2 Å². The van der Waals surface area contributed by atoms with Gasteiger partial charge in [0.25, 0.3) is 0 Å². The Bertz CT molecular complexity index is 853. The topological polar surface area (TPSA) is 55.3 Å². The van der Waals surface area contributed by atoms with Crippen LogP contribution in [0, 0.1) is 0 Å². The number of nitrogens with zero attached hydrogens (tertiary/aromatic N) is 2. The first-order chi connectivity index (χ1) is 11.7. The SMILES string of the molecule is Nc1cccc(CN2CCC(c3nc4cc(Cl)ccc4o3)CC2)c1. The zero-order chi connectivity index (χ0) is 16.5. The standard InChI is InChI=1S/C19H20ClN3O/c20-15-4-5-18-17(11-15)22-19(24-18)14-6-8-23(9-7-14)12-13-2-1-3-16(21)10-13/h1-5,10-11,14H,6-9,12,21H2. The maximum atomic E-state index is 6.02. The molecule has 0 radical (unpaired) electrons. The van der Waals surface area contributed by atoms with Crippen LogP contribution >= 0.6 is 11.6 Å². The highest BCUT2D eigenvalue weighted by Gasteiger charge is 2.24. The molecule has 4 nitrogen and oxygen atoms in total. The summed E-state index contributed by atoms with van der Waals surface area (Å²) in [6.07, 6.45) is 2.12. The molecule has 1 saturated heterocycles. The van der Waals surface area contributed by atoms with E-state index in [0.29, 0.717) is 10.9 Å². The van der Waals surface area contributed by atoms with Crippen LogP contribution in [-0.2, 0) is 6.54 Å². The third-order valence-corrected chi connectivity index (χ3v) is 4.90. The summed E-state index contributed by atoms with van der Waals surface area (Å²) in [6, 6.07) is 13.7. The fourth-order valence-corrected chi connectivity index (χ4v) is 3.55. The van der Waals surface area contributed by atoms with Gasteiger partial charge < -0.3 is 10.2 Å². The summed E-state index contributed by atoms with van der Waals surface area (Å²) in [6.45, 7) is 3.03. The molecule has 0 bridgehead atoms. The van der Waals surface area contributed by atoms with Gasteiger partial charge in [-0.15, -0.1) is 0 Å². The highest BCUT2D eigenvalue weighted by molar-refractivity contribution is 6.31. The highest BCUT2D eigenvalue weighted by Crippen LogP contribution is 2.31. The molecule has 0 atom stereocenters. The Hall–Kier alpha value is -2.04. The first-order valence-electron chi connectivity index (χ1n) is 8.30. The van der Waals surface area contributed by atoms with Gasteiger partial charge in [-0.05, 0) is 61.8 Å². The minimum Gasteiger partial charge on any atom is -0.440 e. The number of nitrogens with two attached hydrogens (primary N) is 1. The van der Waals surface area contributed by atoms with Gasteiger partial charge in [0, 0.05) is 23.2 Å². The van der Waals surface area contributed by atoms with Crippen LogP contribution in [0.4, 0.5) is 5.69 Å². The van der Waals surface area contributed by atoms with E-state index in [1.54, 1.807) is 0 Å². The number of rotatable bonds is 3. The van der Waals surface area contributed by atoms with Crippen molar-refractivity contribution in [1.29, 1.82) is 0 Å². The summed E-state index contributed by atoms with van der Waals surface area (Å²) in [5.74, 6) is 1.23. The van der Waals surface area contributed by atoms with Crippen molar-refractivity contribution in [3.8, 4) is 0 Å². The second-order valence-corrected chi connectivity index (χ2v) is 6.90. The molecular weight excluding hydrogens is 322 g/mol. The number of hydrogen-bond acceptors (Lipinski definition) is 4. The van der Waals surface area contributed by atoms with Gasteiger partial charge in [-0.1, -0.05) is 23.7 Å². The van der Waals surface area contributed by atoms with E-state index in [4.69, 9.17) is 21.8 Å². The molecule has 1 aliphatic heterocycles. The molecule has 0 spiro atoms. The van der Waals surface area contributed by atoms with E-state index in [1.807, 2.05) is 30.3 Å². The Kier molecular flexibility index (Phi) is 4.17. The lowest BCUT2D eigenvalue weighted by Gasteiger charge is -2.30. The van der Waals surface area contributed by atoms with Crippen LogP contribution in [0.5, 0.6) is 0 Å². The summed E-state index contributed by atoms with van der Waals surface area (Å²) in [7, 11) is 0. The quantitative estimate of drug-likeness (QED) is 0.715. The number of oxazole rings is 1. The third kappa shape index (κ3) is 3.25. The van der Waals surface area contributed by atoms with Crippen molar-refractivity contribution < 1.29 is 4.42 Å². The minimum absolute atomic E-state index is 0.383. The second kappa shape index (κ2) is 6.46. The van der Waals surface area contributed by atoms with E-state index >= 15 is 0 Å². The van der Waals surface area contributed by atoms with Crippen molar-refractivity contribution in [2.45, 2.75) is 25.3 Å². The lowest BCUT2D eigenvalue weighted by atomic mass is 9.96. The van der Waals surface area contributed by atoms with Crippen molar-refractivity contribution >= 4 is 28.4 Å². The third-order valence-electron chi connectivity index (χ3n) is 4.66. The number of nitrogen functional groups attached to an aromatic ring is 1. The first-order valence-corrected chi connectivity index (χ1v) is 8.68. The van der Waals surface area contributed by atoms with Gasteiger partial charge in [-0.25, -0.2) is 4.98 Å². The molecule has 0 amide bonds. The molecule has 1 fully saturated rings. The first kappa shape index (κ1) is 15.5. The van der Waals surface area contributed by atoms with Crippen molar-refractivity contribution in [3.63, 3.8) is 0 Å². The molecule has 5 heteroatoms. The Morgan fingerprint density at radius 1 is 1.17 bits per heavy atom. The lowest BCUT2D eigenvalue weighted by molar-refractivity contribution is 0.194. The molecular formula is C19H20ClN3O. The summed E-state index contributed by atoms with van der Waals surface area (Å²) in [5, 5.41) is 0.694. The molecule has 124 valence electrons. The lowest BCUT2D eigenvalue weighted by Crippen LogP contribution is -2.32. The minimum atomic E-state index is 0.383. The largest absolute Gasteiger partial charge is 0.440 e. The molecule has 0 saturated carbocycles. The van der Waals surface area contributed by atoms with Gasteiger partial charge in [-0.3, -0.25) is 4.90 Å². The number of benzene rings is 2. The fraction of sp³-hybridized carbons (Fsp3) is 0.316. The van der Waals surface area contributed by atoms with Crippen molar-refractivity contribution in [3.05, 3.63) is 58.9 Å². The summed E-state index contributed by atoms with van der Waals surface area (Å²) < 4.78 is 5.93. The van der Waals surface area contributed by atoms with Gasteiger partial charge in [0.2, 0.25) is 0 Å². The predicted molar refractivity (Wildman–Crippen MR) is 97.1 cm³/mol. The second-order valence-electron chi connectivity index (χ2n) is 6.46. The van der Waals surface area contributed by atoms with Crippen LogP contribution in [0.25, 0.3) is 11.1 Å². The average Bonchev–Trinajstić information content (AvgIpc) is 2.98. The summed E-state index contributed by atoms with van der Waals surface area (Å²) >= 11 is 6.02. The monoisotopic (exact) mass is 341 g/mol. The number of likely N-dealkylation sites (tertiary alicyclic amines) is 1. The molecule has 0 unspecified atom stereocenters. The van der Waals surface area contributed by atoms with Crippen molar-refractivity contribution in [1.82, 2.24) is 9.88 Å². The van der Waals surface area contributed by atoms with Gasteiger partial charge in [0.05, 0.1) is 0 Å². The van der Waals surface area contributed by atoms with Gasteiger partial charge in [0.1, 0.15) is 5.52 Å². The smallest absolute Gasteiger partial charge is 0.198 e. The molecule has 1 aliphatic rings. The molecule has 3 aromatic rings. The molecule has 2 aromatic carbocycles. The molecule has 2 heterocycles. The Balaban J connectivity index is 1.41. The number of aromatic nitrogens is 1. The maximum Gasteiger partial charge on any atom is 0.198 e. The Morgan fingerprint density at radius 2 is 2.00 bits per heavy atom. The summed E-state index contributed by atoms with van der Waals surface area (Å²) in [5.41, 5.74) is 9.62. The molecule has 24 heavy (non-hydrogen) atoms. The maximum absolute atomic E-state index is 6.02.